The molecule has 0 unspecified atom stereocenters. The molecule has 2 rings (SSSR count). The van der Waals surface area contributed by atoms with E-state index in [-0.39, 0.29) is 0 Å². The molecule has 0 aliphatic heterocycles. The second kappa shape index (κ2) is 7.54. The Morgan fingerprint density at radius 1 is 1.14 bits per heavy atom. The Hall–Kier alpha value is -2.43. The van der Waals surface area contributed by atoms with Crippen LogP contribution in [-0.2, 0) is 0 Å². The highest BCUT2D eigenvalue weighted by Crippen LogP contribution is 2.13. The van der Waals surface area contributed by atoms with Gasteiger partial charge >= 0.3 is 0 Å². The van der Waals surface area contributed by atoms with Gasteiger partial charge in [-0.2, -0.15) is 5.10 Å². The van der Waals surface area contributed by atoms with Gasteiger partial charge in [-0.25, -0.2) is 15.4 Å². The van der Waals surface area contributed by atoms with Gasteiger partial charge in [0.15, 0.2) is 0 Å². The average molecular weight is 298 g/mol. The summed E-state index contributed by atoms with van der Waals surface area (Å²) >= 11 is 0. The predicted molar refractivity (Wildman–Crippen MR) is 89.6 cm³/mol. The molecule has 0 spiro atoms. The van der Waals surface area contributed by atoms with Crippen LogP contribution in [0.1, 0.15) is 37.2 Å². The number of nitrogens with one attached hydrogen (secondary N) is 1. The third kappa shape index (κ3) is 4.55. The van der Waals surface area contributed by atoms with Crippen molar-refractivity contribution in [3.63, 3.8) is 0 Å². The number of ether oxygens (including phenoxy) is 1. The van der Waals surface area contributed by atoms with Crippen molar-refractivity contribution in [3.8, 4) is 5.75 Å². The minimum Gasteiger partial charge on any atom is -0.494 e. The van der Waals surface area contributed by atoms with Crippen LogP contribution in [0.25, 0.3) is 0 Å². The van der Waals surface area contributed by atoms with Crippen molar-refractivity contribution in [1.82, 2.24) is 9.97 Å². The molecule has 0 atom stereocenters. The molecule has 2 aromatic rings. The summed E-state index contributed by atoms with van der Waals surface area (Å²) in [6, 6.07) is 9.83. The molecule has 1 aromatic carbocycles. The van der Waals surface area contributed by atoms with Crippen LogP contribution in [0, 0.1) is 13.8 Å². The molecule has 1 N–H and O–H groups in total. The molecule has 1 aromatic heterocycles. The van der Waals surface area contributed by atoms with Crippen LogP contribution in [0.5, 0.6) is 5.75 Å². The first-order chi connectivity index (χ1) is 10.6. The van der Waals surface area contributed by atoms with Gasteiger partial charge in [-0.15, -0.1) is 0 Å². The lowest BCUT2D eigenvalue weighted by Gasteiger charge is -2.06. The molecule has 0 aliphatic rings. The predicted octanol–water partition coefficient (Wildman–Crippen LogP) is 3.72. The summed E-state index contributed by atoms with van der Waals surface area (Å²) < 4.78 is 5.57. The topological polar surface area (TPSA) is 59.4 Å². The Bertz CT molecular complexity index is 630. The number of hydrogen-bond acceptors (Lipinski definition) is 5. The van der Waals surface area contributed by atoms with Gasteiger partial charge in [0.1, 0.15) is 5.75 Å². The normalized spacial score (nSPS) is 11.4. The summed E-state index contributed by atoms with van der Waals surface area (Å²) in [6.07, 6.45) is 1.00. The van der Waals surface area contributed by atoms with Gasteiger partial charge in [-0.05, 0) is 63.1 Å². The first-order valence-electron chi connectivity index (χ1n) is 7.44. The van der Waals surface area contributed by atoms with Gasteiger partial charge in [0, 0.05) is 11.4 Å². The van der Waals surface area contributed by atoms with Crippen LogP contribution in [0.15, 0.2) is 35.4 Å². The summed E-state index contributed by atoms with van der Waals surface area (Å²) in [5, 5.41) is 4.34. The molecule has 5 heteroatoms. The molecule has 0 saturated carbocycles. The monoisotopic (exact) mass is 298 g/mol. The summed E-state index contributed by atoms with van der Waals surface area (Å²) in [4.78, 5) is 8.60. The highest BCUT2D eigenvalue weighted by atomic mass is 16.5. The molecule has 0 bridgehead atoms. The second-order valence-electron chi connectivity index (χ2n) is 5.16. The van der Waals surface area contributed by atoms with Gasteiger partial charge < -0.3 is 4.74 Å². The third-order valence-corrected chi connectivity index (χ3v) is 3.05. The SMILES string of the molecule is CCCOc1ccc(/C(C)=N/Nc2nc(C)cc(C)n2)cc1. The van der Waals surface area contributed by atoms with Crippen molar-refractivity contribution in [1.29, 1.82) is 0 Å². The molecule has 5 nitrogen and oxygen atoms in total. The van der Waals surface area contributed by atoms with Crippen molar-refractivity contribution in [3.05, 3.63) is 47.3 Å². The van der Waals surface area contributed by atoms with Gasteiger partial charge in [0.2, 0.25) is 5.95 Å². The molecule has 0 radical (unpaired) electrons. The van der Waals surface area contributed by atoms with Crippen LogP contribution in [0.4, 0.5) is 5.95 Å². The number of hydrazone groups is 1. The largest absolute Gasteiger partial charge is 0.494 e. The zero-order valence-electron chi connectivity index (χ0n) is 13.6. The number of nitrogens with zero attached hydrogens (tertiary/aromatic N) is 3. The van der Waals surface area contributed by atoms with E-state index in [1.165, 1.54) is 0 Å². The Labute approximate surface area is 131 Å². The fraction of sp³-hybridized carbons (Fsp3) is 0.353. The number of aromatic nitrogens is 2. The zero-order chi connectivity index (χ0) is 15.9. The fourth-order valence-corrected chi connectivity index (χ4v) is 1.99. The molecule has 0 aliphatic carbocycles. The lowest BCUT2D eigenvalue weighted by molar-refractivity contribution is 0.317. The van der Waals surface area contributed by atoms with E-state index in [1.807, 2.05) is 51.1 Å². The Balaban J connectivity index is 2.05. The molecular formula is C17H22N4O. The molecule has 0 saturated heterocycles. The average Bonchev–Trinajstić information content (AvgIpc) is 2.50. The molecule has 0 amide bonds. The van der Waals surface area contributed by atoms with Gasteiger partial charge in [-0.3, -0.25) is 0 Å². The van der Waals surface area contributed by atoms with Crippen LogP contribution < -0.4 is 10.2 Å². The number of aryl methyl sites for hydroxylation is 2. The molecule has 22 heavy (non-hydrogen) atoms. The first-order valence-corrected chi connectivity index (χ1v) is 7.44. The third-order valence-electron chi connectivity index (χ3n) is 3.05. The Kier molecular flexibility index (Phi) is 5.47. The van der Waals surface area contributed by atoms with E-state index in [4.69, 9.17) is 4.74 Å². The molecular weight excluding hydrogens is 276 g/mol. The zero-order valence-corrected chi connectivity index (χ0v) is 13.6. The highest BCUT2D eigenvalue weighted by molar-refractivity contribution is 5.99. The fourth-order valence-electron chi connectivity index (χ4n) is 1.99. The van der Waals surface area contributed by atoms with Crippen molar-refractivity contribution in [2.24, 2.45) is 5.10 Å². The Morgan fingerprint density at radius 3 is 2.36 bits per heavy atom. The number of benzene rings is 1. The maximum atomic E-state index is 5.57. The summed E-state index contributed by atoms with van der Waals surface area (Å²) in [6.45, 7) is 8.64. The molecule has 0 fully saturated rings. The van der Waals surface area contributed by atoms with Crippen LogP contribution in [0.2, 0.25) is 0 Å². The van der Waals surface area contributed by atoms with E-state index in [1.54, 1.807) is 0 Å². The van der Waals surface area contributed by atoms with Crippen molar-refractivity contribution in [2.45, 2.75) is 34.1 Å². The standard InChI is InChI=1S/C17H22N4O/c1-5-10-22-16-8-6-15(7-9-16)14(4)20-21-17-18-12(2)11-13(3)19-17/h6-9,11H,5,10H2,1-4H3,(H,18,19,21)/b20-14+. The highest BCUT2D eigenvalue weighted by Gasteiger charge is 2.01. The summed E-state index contributed by atoms with van der Waals surface area (Å²) in [5.74, 6) is 1.39. The maximum absolute atomic E-state index is 5.57. The smallest absolute Gasteiger partial charge is 0.243 e. The van der Waals surface area contributed by atoms with E-state index in [2.05, 4.69) is 27.4 Å². The molecule has 116 valence electrons. The van der Waals surface area contributed by atoms with Gasteiger partial charge in [-0.1, -0.05) is 6.92 Å². The quantitative estimate of drug-likeness (QED) is 0.652. The van der Waals surface area contributed by atoms with Crippen LogP contribution in [-0.4, -0.2) is 22.3 Å². The van der Waals surface area contributed by atoms with E-state index >= 15 is 0 Å². The van der Waals surface area contributed by atoms with Crippen LogP contribution >= 0.6 is 0 Å². The van der Waals surface area contributed by atoms with E-state index < -0.39 is 0 Å². The summed E-state index contributed by atoms with van der Waals surface area (Å²) in [7, 11) is 0. The van der Waals surface area contributed by atoms with Crippen molar-refractivity contribution in [2.75, 3.05) is 12.0 Å². The minimum atomic E-state index is 0.514. The van der Waals surface area contributed by atoms with Gasteiger partial charge in [0.25, 0.3) is 0 Å². The molecule has 1 heterocycles. The lowest BCUT2D eigenvalue weighted by Crippen LogP contribution is -2.04. The van der Waals surface area contributed by atoms with E-state index in [9.17, 15) is 0 Å². The minimum absolute atomic E-state index is 0.514. The second-order valence-corrected chi connectivity index (χ2v) is 5.16. The number of hydrogen-bond donors (Lipinski definition) is 1. The number of rotatable bonds is 6. The Morgan fingerprint density at radius 2 is 1.77 bits per heavy atom. The van der Waals surface area contributed by atoms with E-state index in [0.717, 1.165) is 41.4 Å². The van der Waals surface area contributed by atoms with Crippen LogP contribution in [0.3, 0.4) is 0 Å². The van der Waals surface area contributed by atoms with Crippen molar-refractivity contribution >= 4 is 11.7 Å². The first kappa shape index (κ1) is 15.9. The van der Waals surface area contributed by atoms with Crippen molar-refractivity contribution < 1.29 is 4.74 Å². The summed E-state index contributed by atoms with van der Waals surface area (Å²) in [5.41, 5.74) is 6.64. The number of anilines is 1. The van der Waals surface area contributed by atoms with E-state index in [0.29, 0.717) is 5.95 Å². The van der Waals surface area contributed by atoms with Gasteiger partial charge in [0.05, 0.1) is 12.3 Å². The maximum Gasteiger partial charge on any atom is 0.243 e. The lowest BCUT2D eigenvalue weighted by atomic mass is 10.1.